The fourth-order valence-electron chi connectivity index (χ4n) is 2.59. The van der Waals surface area contributed by atoms with Crippen molar-refractivity contribution in [1.82, 2.24) is 4.90 Å². The topological polar surface area (TPSA) is 76.8 Å². The summed E-state index contributed by atoms with van der Waals surface area (Å²) in [5.41, 5.74) is 11.6. The minimum atomic E-state index is 0.611. The number of nitriles is 2. The van der Waals surface area contributed by atoms with Gasteiger partial charge in [-0.15, -0.1) is 0 Å². The van der Waals surface area contributed by atoms with Gasteiger partial charge in [-0.1, -0.05) is 12.1 Å². The van der Waals surface area contributed by atoms with E-state index in [1.54, 1.807) is 23.3 Å². The number of thiol groups is 1. The molecular weight excluding hydrogens is 292 g/mol. The average molecular weight is 308 g/mol. The van der Waals surface area contributed by atoms with Crippen LogP contribution in [0.15, 0.2) is 36.4 Å². The largest absolute Gasteiger partial charge is 0.399 e. The van der Waals surface area contributed by atoms with Gasteiger partial charge < -0.3 is 10.6 Å². The third-order valence-electron chi connectivity index (χ3n) is 3.54. The van der Waals surface area contributed by atoms with Crippen LogP contribution in [0.25, 0.3) is 11.1 Å². The number of fused-ring (bicyclic) bond motifs is 1. The minimum Gasteiger partial charge on any atom is -0.399 e. The van der Waals surface area contributed by atoms with Crippen LogP contribution in [0.1, 0.15) is 16.7 Å². The van der Waals surface area contributed by atoms with Crippen molar-refractivity contribution >= 4 is 18.3 Å². The first kappa shape index (κ1) is 15.8. The molecule has 0 aromatic heterocycles. The lowest BCUT2D eigenvalue weighted by molar-refractivity contribution is 0.417. The molecule has 0 saturated heterocycles. The van der Waals surface area contributed by atoms with E-state index in [0.717, 1.165) is 22.3 Å². The quantitative estimate of drug-likeness (QED) is 0.482. The maximum Gasteiger partial charge on any atom is 0.179 e. The number of benzene rings is 2. The van der Waals surface area contributed by atoms with Crippen molar-refractivity contribution in [3.05, 3.63) is 53.1 Å². The van der Waals surface area contributed by atoms with E-state index in [0.29, 0.717) is 24.3 Å². The van der Waals surface area contributed by atoms with E-state index in [1.165, 1.54) is 0 Å². The number of nitrogens with two attached hydrogens (primary N) is 1. The third-order valence-corrected chi connectivity index (χ3v) is 3.54. The van der Waals surface area contributed by atoms with E-state index in [9.17, 15) is 0 Å². The fraction of sp³-hybridized carbons (Fsp3) is 0.176. The molecular formula is C17H16N4S. The van der Waals surface area contributed by atoms with Crippen LogP contribution in [0.2, 0.25) is 0 Å². The highest BCUT2D eigenvalue weighted by molar-refractivity contribution is 7.79. The van der Waals surface area contributed by atoms with Crippen molar-refractivity contribution in [1.29, 1.82) is 10.5 Å². The maximum atomic E-state index is 9.05. The van der Waals surface area contributed by atoms with Gasteiger partial charge in [0, 0.05) is 5.69 Å². The van der Waals surface area contributed by atoms with Crippen molar-refractivity contribution in [2.24, 2.45) is 0 Å². The smallest absolute Gasteiger partial charge is 0.179 e. The Morgan fingerprint density at radius 2 is 1.77 bits per heavy atom. The van der Waals surface area contributed by atoms with Crippen molar-refractivity contribution in [2.75, 3.05) is 12.0 Å². The number of anilines is 1. The van der Waals surface area contributed by atoms with Gasteiger partial charge in [0.25, 0.3) is 0 Å². The van der Waals surface area contributed by atoms with Gasteiger partial charge in [0.15, 0.2) is 6.19 Å². The first-order valence-electron chi connectivity index (χ1n) is 6.72. The van der Waals surface area contributed by atoms with Crippen molar-refractivity contribution in [3.8, 4) is 23.4 Å². The number of hydrogen-bond donors (Lipinski definition) is 2. The summed E-state index contributed by atoms with van der Waals surface area (Å²) in [7, 11) is 0. The summed E-state index contributed by atoms with van der Waals surface area (Å²) in [6.07, 6.45) is 3.87. The van der Waals surface area contributed by atoms with Gasteiger partial charge in [-0.25, -0.2) is 0 Å². The Hall–Kier alpha value is -2.63. The minimum absolute atomic E-state index is 0.611. The number of hydrogen-bond acceptors (Lipinski definition) is 5. The Labute approximate surface area is 135 Å². The molecule has 1 aliphatic rings. The number of nitrogens with zero attached hydrogens (tertiary/aromatic N) is 3. The van der Waals surface area contributed by atoms with Crippen LogP contribution in [0.3, 0.4) is 0 Å². The standard InChI is InChI=1S/C16H12N4.CH4S/c17-7-11-1-3-12(4-2-11)15-6-14(19)5-13-8-20(10-18)9-16(13)15;1-2/h1-6H,8-9,19H2;2H,1H3. The predicted octanol–water partition coefficient (Wildman–Crippen LogP) is 3.15. The summed E-state index contributed by atoms with van der Waals surface area (Å²) in [4.78, 5) is 1.71. The van der Waals surface area contributed by atoms with Crippen LogP contribution in [0, 0.1) is 22.8 Å². The molecule has 0 aliphatic carbocycles. The Bertz CT molecular complexity index is 754. The van der Waals surface area contributed by atoms with Crippen LogP contribution in [-0.2, 0) is 13.1 Å². The van der Waals surface area contributed by atoms with Crippen LogP contribution in [0.5, 0.6) is 0 Å². The summed E-state index contributed by atoms with van der Waals surface area (Å²) in [6, 6.07) is 13.4. The molecule has 3 rings (SSSR count). The van der Waals surface area contributed by atoms with Gasteiger partial charge in [0.2, 0.25) is 0 Å². The molecule has 1 heterocycles. The van der Waals surface area contributed by atoms with E-state index in [-0.39, 0.29) is 0 Å². The molecule has 0 atom stereocenters. The second-order valence-electron chi connectivity index (χ2n) is 4.85. The molecule has 5 heteroatoms. The first-order chi connectivity index (χ1) is 10.7. The van der Waals surface area contributed by atoms with E-state index in [4.69, 9.17) is 16.3 Å². The van der Waals surface area contributed by atoms with Crippen molar-refractivity contribution in [3.63, 3.8) is 0 Å². The normalized spacial score (nSPS) is 11.7. The zero-order chi connectivity index (χ0) is 16.1. The van der Waals surface area contributed by atoms with Gasteiger partial charge in [-0.3, -0.25) is 0 Å². The molecule has 0 spiro atoms. The van der Waals surface area contributed by atoms with Gasteiger partial charge in [-0.05, 0) is 52.8 Å². The SMILES string of the molecule is CS.N#Cc1ccc(-c2cc(N)cc3c2CN(C#N)C3)cc1. The Balaban J connectivity index is 0.000000847. The second-order valence-corrected chi connectivity index (χ2v) is 4.85. The second kappa shape index (κ2) is 6.89. The van der Waals surface area contributed by atoms with E-state index in [2.05, 4.69) is 24.9 Å². The average Bonchev–Trinajstić information content (AvgIpc) is 2.99. The first-order valence-corrected chi connectivity index (χ1v) is 7.62. The molecule has 0 fully saturated rings. The van der Waals surface area contributed by atoms with Crippen LogP contribution in [-0.4, -0.2) is 11.2 Å². The molecule has 2 N–H and O–H groups in total. The molecule has 0 amide bonds. The van der Waals surface area contributed by atoms with Crippen LogP contribution >= 0.6 is 12.6 Å². The number of rotatable bonds is 1. The monoisotopic (exact) mass is 308 g/mol. The molecule has 22 heavy (non-hydrogen) atoms. The Morgan fingerprint density at radius 3 is 2.36 bits per heavy atom. The third kappa shape index (κ3) is 3.00. The molecule has 2 aromatic rings. The molecule has 0 radical (unpaired) electrons. The van der Waals surface area contributed by atoms with E-state index < -0.39 is 0 Å². The predicted molar refractivity (Wildman–Crippen MR) is 90.8 cm³/mol. The van der Waals surface area contributed by atoms with Gasteiger partial charge in [-0.2, -0.15) is 23.2 Å². The van der Waals surface area contributed by atoms with Crippen LogP contribution < -0.4 is 5.73 Å². The molecule has 2 aromatic carbocycles. The molecule has 0 saturated carbocycles. The fourth-order valence-corrected chi connectivity index (χ4v) is 2.59. The Morgan fingerprint density at radius 1 is 1.09 bits per heavy atom. The van der Waals surface area contributed by atoms with Crippen LogP contribution in [0.4, 0.5) is 5.69 Å². The highest BCUT2D eigenvalue weighted by Crippen LogP contribution is 2.34. The maximum absolute atomic E-state index is 9.05. The Kier molecular flexibility index (Phi) is 4.93. The lowest BCUT2D eigenvalue weighted by atomic mass is 9.95. The lowest BCUT2D eigenvalue weighted by Crippen LogP contribution is -2.07. The summed E-state index contributed by atoms with van der Waals surface area (Å²) >= 11 is 3.53. The van der Waals surface area contributed by atoms with Gasteiger partial charge in [0.05, 0.1) is 24.7 Å². The van der Waals surface area contributed by atoms with E-state index >= 15 is 0 Å². The molecule has 0 unspecified atom stereocenters. The highest BCUT2D eigenvalue weighted by atomic mass is 32.1. The summed E-state index contributed by atoms with van der Waals surface area (Å²) < 4.78 is 0. The van der Waals surface area contributed by atoms with Crippen molar-refractivity contribution < 1.29 is 0 Å². The lowest BCUT2D eigenvalue weighted by Gasteiger charge is -2.10. The molecule has 110 valence electrons. The molecule has 1 aliphatic heterocycles. The van der Waals surface area contributed by atoms with Crippen molar-refractivity contribution in [2.45, 2.75) is 13.1 Å². The van der Waals surface area contributed by atoms with E-state index in [1.807, 2.05) is 24.3 Å². The summed E-state index contributed by atoms with van der Waals surface area (Å²) in [5, 5.41) is 17.9. The molecule has 4 nitrogen and oxygen atoms in total. The number of nitrogen functional groups attached to an aromatic ring is 1. The molecule has 0 bridgehead atoms. The zero-order valence-corrected chi connectivity index (χ0v) is 13.1. The van der Waals surface area contributed by atoms with Gasteiger partial charge in [0.1, 0.15) is 0 Å². The summed E-state index contributed by atoms with van der Waals surface area (Å²) in [5.74, 6) is 0. The highest BCUT2D eigenvalue weighted by Gasteiger charge is 2.22. The summed E-state index contributed by atoms with van der Waals surface area (Å²) in [6.45, 7) is 1.22. The van der Waals surface area contributed by atoms with Gasteiger partial charge >= 0.3 is 0 Å². The zero-order valence-electron chi connectivity index (χ0n) is 12.2.